The van der Waals surface area contributed by atoms with Crippen molar-refractivity contribution in [2.75, 3.05) is 78.8 Å². The molecule has 0 radical (unpaired) electrons. The molecule has 7 nitrogen and oxygen atoms in total. The summed E-state index contributed by atoms with van der Waals surface area (Å²) in [5, 5.41) is 6.89. The van der Waals surface area contributed by atoms with Gasteiger partial charge in [0.05, 0.1) is 39.0 Å². The van der Waals surface area contributed by atoms with E-state index in [1.54, 1.807) is 0 Å². The van der Waals surface area contributed by atoms with Crippen molar-refractivity contribution in [3.05, 3.63) is 21.9 Å². The molecule has 3 rings (SSSR count). The second-order valence-electron chi connectivity index (χ2n) is 7.21. The lowest BCUT2D eigenvalue weighted by Gasteiger charge is -2.33. The third kappa shape index (κ3) is 8.29. The van der Waals surface area contributed by atoms with Gasteiger partial charge in [-0.1, -0.05) is 0 Å². The number of aryl methyl sites for hydroxylation is 1. The Labute approximate surface area is 196 Å². The highest BCUT2D eigenvalue weighted by Gasteiger charge is 2.23. The smallest absolute Gasteiger partial charge is 0.191 e. The zero-order chi connectivity index (χ0) is 19.6. The highest BCUT2D eigenvalue weighted by atomic mass is 127. The van der Waals surface area contributed by atoms with Crippen LogP contribution in [0.2, 0.25) is 0 Å². The van der Waals surface area contributed by atoms with E-state index in [2.05, 4.69) is 46.4 Å². The maximum Gasteiger partial charge on any atom is 0.191 e. The number of morpholine rings is 2. The molecule has 2 aliphatic rings. The first kappa shape index (κ1) is 24.8. The van der Waals surface area contributed by atoms with Gasteiger partial charge < -0.3 is 20.1 Å². The van der Waals surface area contributed by atoms with Gasteiger partial charge in [0.15, 0.2) is 5.96 Å². The molecule has 1 aromatic rings. The molecular formula is C20H36IN5O2S. The van der Waals surface area contributed by atoms with Crippen LogP contribution >= 0.6 is 35.3 Å². The first-order chi connectivity index (χ1) is 13.8. The fraction of sp³-hybridized carbons (Fsp3) is 0.750. The van der Waals surface area contributed by atoms with Gasteiger partial charge in [0.2, 0.25) is 0 Å². The lowest BCUT2D eigenvalue weighted by molar-refractivity contribution is 0.0186. The second-order valence-corrected chi connectivity index (χ2v) is 8.53. The Morgan fingerprint density at radius 3 is 2.41 bits per heavy atom. The molecule has 9 heteroatoms. The van der Waals surface area contributed by atoms with E-state index in [0.29, 0.717) is 6.04 Å². The molecule has 2 saturated heterocycles. The van der Waals surface area contributed by atoms with Crippen LogP contribution in [-0.4, -0.2) is 94.5 Å². The Morgan fingerprint density at radius 2 is 1.79 bits per heavy atom. The van der Waals surface area contributed by atoms with Crippen molar-refractivity contribution < 1.29 is 9.47 Å². The number of nitrogens with one attached hydrogen (secondary N) is 2. The number of aliphatic imine (C=N–C) groups is 1. The summed E-state index contributed by atoms with van der Waals surface area (Å²) in [7, 11) is 0. The number of halogens is 1. The molecule has 166 valence electrons. The molecular weight excluding hydrogens is 501 g/mol. The van der Waals surface area contributed by atoms with Crippen LogP contribution in [0.5, 0.6) is 0 Å². The summed E-state index contributed by atoms with van der Waals surface area (Å²) in [6, 6.07) is 4.79. The molecule has 3 heterocycles. The number of nitrogens with zero attached hydrogens (tertiary/aromatic N) is 3. The number of ether oxygens (including phenoxy) is 2. The standard InChI is InChI=1S/C20H35N5O2S.HI/c1-3-21-20(22-6-7-24-8-12-26-13-9-24)23-16-18(19-5-4-17(2)28-19)25-10-14-27-15-11-25;/h4-5,18H,3,6-16H2,1-2H3,(H2,21,22,23);1H. The molecule has 0 aliphatic carbocycles. The normalized spacial score (nSPS) is 20.1. The third-order valence-corrected chi connectivity index (χ3v) is 6.27. The Kier molecular flexibility index (Phi) is 11.8. The molecule has 1 unspecified atom stereocenters. The van der Waals surface area contributed by atoms with Crippen molar-refractivity contribution in [3.63, 3.8) is 0 Å². The predicted molar refractivity (Wildman–Crippen MR) is 131 cm³/mol. The van der Waals surface area contributed by atoms with Crippen LogP contribution in [0.15, 0.2) is 17.1 Å². The van der Waals surface area contributed by atoms with Crippen LogP contribution in [-0.2, 0) is 9.47 Å². The van der Waals surface area contributed by atoms with E-state index in [-0.39, 0.29) is 24.0 Å². The summed E-state index contributed by atoms with van der Waals surface area (Å²) in [4.78, 5) is 12.6. The molecule has 0 spiro atoms. The van der Waals surface area contributed by atoms with Gasteiger partial charge in [0, 0.05) is 55.6 Å². The molecule has 2 fully saturated rings. The molecule has 1 atom stereocenters. The van der Waals surface area contributed by atoms with Gasteiger partial charge in [-0.3, -0.25) is 14.8 Å². The fourth-order valence-corrected chi connectivity index (χ4v) is 4.59. The van der Waals surface area contributed by atoms with Crippen LogP contribution in [0.1, 0.15) is 22.7 Å². The molecule has 0 aromatic carbocycles. The number of guanidine groups is 1. The summed E-state index contributed by atoms with van der Waals surface area (Å²) in [5.74, 6) is 0.905. The number of rotatable bonds is 8. The van der Waals surface area contributed by atoms with E-state index < -0.39 is 0 Å². The van der Waals surface area contributed by atoms with E-state index in [4.69, 9.17) is 14.5 Å². The van der Waals surface area contributed by atoms with Gasteiger partial charge in [0.1, 0.15) is 0 Å². The molecule has 0 amide bonds. The van der Waals surface area contributed by atoms with E-state index in [0.717, 1.165) is 84.7 Å². The summed E-state index contributed by atoms with van der Waals surface area (Å²) in [6.07, 6.45) is 0. The maximum absolute atomic E-state index is 5.55. The molecule has 2 aliphatic heterocycles. The van der Waals surface area contributed by atoms with Crippen LogP contribution in [0, 0.1) is 6.92 Å². The first-order valence-electron chi connectivity index (χ1n) is 10.5. The van der Waals surface area contributed by atoms with Crippen molar-refractivity contribution in [1.29, 1.82) is 0 Å². The summed E-state index contributed by atoms with van der Waals surface area (Å²) in [5.41, 5.74) is 0. The minimum atomic E-state index is 0. The van der Waals surface area contributed by atoms with Crippen LogP contribution < -0.4 is 10.6 Å². The average Bonchev–Trinajstić information content (AvgIpc) is 3.16. The molecule has 2 N–H and O–H groups in total. The van der Waals surface area contributed by atoms with Crippen LogP contribution in [0.25, 0.3) is 0 Å². The van der Waals surface area contributed by atoms with Gasteiger partial charge >= 0.3 is 0 Å². The highest BCUT2D eigenvalue weighted by Crippen LogP contribution is 2.28. The van der Waals surface area contributed by atoms with Crippen molar-refractivity contribution in [2.45, 2.75) is 19.9 Å². The van der Waals surface area contributed by atoms with Gasteiger partial charge in [0.25, 0.3) is 0 Å². The zero-order valence-corrected chi connectivity index (χ0v) is 20.8. The number of thiophene rings is 1. The van der Waals surface area contributed by atoms with Crippen LogP contribution in [0.4, 0.5) is 0 Å². The van der Waals surface area contributed by atoms with E-state index >= 15 is 0 Å². The van der Waals surface area contributed by atoms with E-state index in [9.17, 15) is 0 Å². The van der Waals surface area contributed by atoms with Crippen LogP contribution in [0.3, 0.4) is 0 Å². The van der Waals surface area contributed by atoms with Gasteiger partial charge in [-0.15, -0.1) is 35.3 Å². The molecule has 1 aromatic heterocycles. The first-order valence-corrected chi connectivity index (χ1v) is 11.3. The summed E-state index contributed by atoms with van der Waals surface area (Å²) < 4.78 is 11.0. The zero-order valence-electron chi connectivity index (χ0n) is 17.7. The molecule has 29 heavy (non-hydrogen) atoms. The Balaban J connectivity index is 0.00000300. The fourth-order valence-electron chi connectivity index (χ4n) is 3.58. The van der Waals surface area contributed by atoms with Crippen molar-refractivity contribution in [3.8, 4) is 0 Å². The summed E-state index contributed by atoms with van der Waals surface area (Å²) in [6.45, 7) is 15.1. The predicted octanol–water partition coefficient (Wildman–Crippen LogP) is 1.94. The van der Waals surface area contributed by atoms with Gasteiger partial charge in [-0.2, -0.15) is 0 Å². The quantitative estimate of drug-likeness (QED) is 0.301. The molecule has 0 saturated carbocycles. The molecule has 0 bridgehead atoms. The monoisotopic (exact) mass is 537 g/mol. The number of hydrogen-bond acceptors (Lipinski definition) is 6. The second kappa shape index (κ2) is 13.8. The lowest BCUT2D eigenvalue weighted by atomic mass is 10.2. The van der Waals surface area contributed by atoms with Gasteiger partial charge in [-0.05, 0) is 26.0 Å². The van der Waals surface area contributed by atoms with Crippen molar-refractivity contribution in [1.82, 2.24) is 20.4 Å². The Bertz CT molecular complexity index is 603. The maximum atomic E-state index is 5.55. The van der Waals surface area contributed by atoms with E-state index in [1.807, 2.05) is 11.3 Å². The van der Waals surface area contributed by atoms with E-state index in [1.165, 1.54) is 9.75 Å². The SMILES string of the molecule is CCNC(=NCC(c1ccc(C)s1)N1CCOCC1)NCCN1CCOCC1.I. The third-order valence-electron chi connectivity index (χ3n) is 5.17. The van der Waals surface area contributed by atoms with Gasteiger partial charge in [-0.25, -0.2) is 0 Å². The lowest BCUT2D eigenvalue weighted by Crippen LogP contribution is -2.45. The Morgan fingerprint density at radius 1 is 1.10 bits per heavy atom. The Hall–Kier alpha value is -0.460. The minimum absolute atomic E-state index is 0. The van der Waals surface area contributed by atoms with Crippen molar-refractivity contribution in [2.24, 2.45) is 4.99 Å². The topological polar surface area (TPSA) is 61.4 Å². The van der Waals surface area contributed by atoms with Crippen molar-refractivity contribution >= 4 is 41.3 Å². The minimum Gasteiger partial charge on any atom is -0.379 e. The summed E-state index contributed by atoms with van der Waals surface area (Å²) >= 11 is 1.88. The largest absolute Gasteiger partial charge is 0.379 e. The highest BCUT2D eigenvalue weighted by molar-refractivity contribution is 14.0. The average molecular weight is 538 g/mol. The number of hydrogen-bond donors (Lipinski definition) is 2.